The predicted octanol–water partition coefficient (Wildman–Crippen LogP) is 4.34. The molecule has 2 unspecified atom stereocenters. The number of aliphatic hydroxyl groups excluding tert-OH is 1. The Kier molecular flexibility index (Phi) is 6.41. The highest BCUT2D eigenvalue weighted by Gasteiger charge is 2.69. The Bertz CT molecular complexity index is 888. The van der Waals surface area contributed by atoms with Gasteiger partial charge in [0.2, 0.25) is 14.8 Å². The molecular formula is C23H36O6SSi. The molecule has 2 saturated heterocycles. The molecule has 2 fully saturated rings. The molecule has 1 aromatic carbocycles. The predicted molar refractivity (Wildman–Crippen MR) is 123 cm³/mol. The van der Waals surface area contributed by atoms with Gasteiger partial charge in [0.25, 0.3) is 0 Å². The van der Waals surface area contributed by atoms with Crippen LogP contribution in [-0.2, 0) is 23.4 Å². The Morgan fingerprint density at radius 2 is 1.74 bits per heavy atom. The molecule has 2 aliphatic rings. The van der Waals surface area contributed by atoms with Crippen molar-refractivity contribution >= 4 is 18.4 Å². The number of aliphatic hydroxyl groups is 1. The lowest BCUT2D eigenvalue weighted by atomic mass is 10.1. The van der Waals surface area contributed by atoms with Gasteiger partial charge in [-0.15, -0.1) is 6.58 Å². The van der Waals surface area contributed by atoms with E-state index in [1.165, 1.54) is 0 Å². The number of benzene rings is 1. The van der Waals surface area contributed by atoms with Crippen molar-refractivity contribution in [3.8, 4) is 0 Å². The van der Waals surface area contributed by atoms with Crippen molar-refractivity contribution in [2.24, 2.45) is 0 Å². The lowest BCUT2D eigenvalue weighted by Gasteiger charge is -2.54. The van der Waals surface area contributed by atoms with E-state index in [1.807, 2.05) is 0 Å². The van der Waals surface area contributed by atoms with E-state index in [9.17, 15) is 13.5 Å². The molecule has 4 atom stereocenters. The van der Waals surface area contributed by atoms with Crippen molar-refractivity contribution in [1.29, 1.82) is 0 Å². The summed E-state index contributed by atoms with van der Waals surface area (Å²) in [6.07, 6.45) is -0.0267. The molecule has 6 nitrogen and oxygen atoms in total. The van der Waals surface area contributed by atoms with Crippen LogP contribution in [-0.4, -0.2) is 51.9 Å². The van der Waals surface area contributed by atoms with E-state index in [2.05, 4.69) is 48.1 Å². The van der Waals surface area contributed by atoms with Gasteiger partial charge in [0.15, 0.2) is 0 Å². The van der Waals surface area contributed by atoms with Crippen molar-refractivity contribution in [1.82, 2.24) is 0 Å². The van der Waals surface area contributed by atoms with Crippen LogP contribution in [0.4, 0.5) is 0 Å². The fourth-order valence-corrected chi connectivity index (χ4v) is 11.9. The average Bonchev–Trinajstić information content (AvgIpc) is 3.37. The number of sulfone groups is 1. The van der Waals surface area contributed by atoms with Crippen LogP contribution in [0.1, 0.15) is 54.4 Å². The topological polar surface area (TPSA) is 85.4 Å². The molecule has 0 radical (unpaired) electrons. The minimum absolute atomic E-state index is 0.0498. The summed E-state index contributed by atoms with van der Waals surface area (Å²) in [7, 11) is -6.69. The summed E-state index contributed by atoms with van der Waals surface area (Å²) >= 11 is 0. The van der Waals surface area contributed by atoms with E-state index in [4.69, 9.17) is 13.6 Å². The van der Waals surface area contributed by atoms with E-state index in [0.717, 1.165) is 0 Å². The molecule has 2 heterocycles. The van der Waals surface area contributed by atoms with E-state index >= 15 is 0 Å². The molecule has 174 valence electrons. The molecule has 3 rings (SSSR count). The quantitative estimate of drug-likeness (QED) is 0.380. The van der Waals surface area contributed by atoms with Crippen molar-refractivity contribution in [2.45, 2.75) is 92.6 Å². The second-order valence-electron chi connectivity index (χ2n) is 10.6. The van der Waals surface area contributed by atoms with E-state index < -0.39 is 41.6 Å². The normalized spacial score (nSPS) is 31.3. The third kappa shape index (κ3) is 4.07. The maximum Gasteiger partial charge on any atom is 0.349 e. The highest BCUT2D eigenvalue weighted by Crippen LogP contribution is 2.56. The first-order chi connectivity index (χ1) is 14.2. The van der Waals surface area contributed by atoms with Crippen molar-refractivity contribution < 1.29 is 27.1 Å². The number of ether oxygens (including phenoxy) is 1. The lowest BCUT2D eigenvalue weighted by molar-refractivity contribution is -0.0808. The number of epoxide rings is 1. The average molecular weight is 469 g/mol. The summed E-state index contributed by atoms with van der Waals surface area (Å²) in [5.41, 5.74) is 0. The second-order valence-corrected chi connectivity index (χ2v) is 17.5. The first kappa shape index (κ1) is 24.6. The van der Waals surface area contributed by atoms with Crippen molar-refractivity contribution in [3.63, 3.8) is 0 Å². The van der Waals surface area contributed by atoms with Crippen LogP contribution >= 0.6 is 0 Å². The van der Waals surface area contributed by atoms with Gasteiger partial charge in [-0.1, -0.05) is 65.8 Å². The van der Waals surface area contributed by atoms with Gasteiger partial charge < -0.3 is 18.7 Å². The summed E-state index contributed by atoms with van der Waals surface area (Å²) < 4.78 is 46.0. The van der Waals surface area contributed by atoms with Gasteiger partial charge in [0.05, 0.1) is 17.6 Å². The summed E-state index contributed by atoms with van der Waals surface area (Å²) in [4.78, 5) is -1.24. The summed E-state index contributed by atoms with van der Waals surface area (Å²) in [5, 5.41) is 10.2. The molecule has 0 spiro atoms. The third-order valence-electron chi connectivity index (χ3n) is 6.33. The molecule has 0 aliphatic carbocycles. The minimum Gasteiger partial charge on any atom is -0.391 e. The lowest BCUT2D eigenvalue weighted by Crippen LogP contribution is -2.65. The molecule has 0 amide bonds. The van der Waals surface area contributed by atoms with Gasteiger partial charge in [-0.05, 0) is 18.6 Å². The summed E-state index contributed by atoms with van der Waals surface area (Å²) in [5.74, 6) is 0. The van der Waals surface area contributed by atoms with Crippen LogP contribution in [0.3, 0.4) is 0 Å². The maximum atomic E-state index is 13.6. The fourth-order valence-electron chi connectivity index (χ4n) is 4.92. The molecule has 0 bridgehead atoms. The Morgan fingerprint density at radius 1 is 1.16 bits per heavy atom. The largest absolute Gasteiger partial charge is 0.391 e. The smallest absolute Gasteiger partial charge is 0.349 e. The molecular weight excluding hydrogens is 432 g/mol. The highest BCUT2D eigenvalue weighted by atomic mass is 32.2. The highest BCUT2D eigenvalue weighted by molar-refractivity contribution is 7.93. The molecule has 8 heteroatoms. The summed E-state index contributed by atoms with van der Waals surface area (Å²) in [6.45, 7) is 16.4. The van der Waals surface area contributed by atoms with E-state index in [0.29, 0.717) is 6.42 Å². The maximum absolute atomic E-state index is 13.6. The molecule has 1 aromatic rings. The number of hydrogen-bond acceptors (Lipinski definition) is 6. The zero-order chi connectivity index (χ0) is 23.3. The van der Waals surface area contributed by atoms with Crippen LogP contribution in [0.25, 0.3) is 0 Å². The molecule has 0 aromatic heterocycles. The number of hydrogen-bond donors (Lipinski definition) is 1. The van der Waals surface area contributed by atoms with Gasteiger partial charge >= 0.3 is 8.56 Å². The Morgan fingerprint density at radius 3 is 2.26 bits per heavy atom. The fraction of sp³-hybridized carbons (Fsp3) is 0.652. The van der Waals surface area contributed by atoms with Gasteiger partial charge in [-0.2, -0.15) is 0 Å². The zero-order valence-corrected chi connectivity index (χ0v) is 21.2. The standard InChI is InChI=1S/C23H36O6SSi/c1-8-12-20-23(28-20,30(25,26)17-13-10-9-11-14-17)15-19-18(24)16-27-31(29-19,21(2,3)4)22(5,6)7/h8-11,13-14,18-20,24H,1,12,15-16H2,2-7H3/t18-,19+,20?,23?/m1/s1. The van der Waals surface area contributed by atoms with Crippen LogP contribution in [0.15, 0.2) is 47.9 Å². The Hall–Kier alpha value is -1.03. The first-order valence-corrected chi connectivity index (χ1v) is 14.1. The Balaban J connectivity index is 1.99. The van der Waals surface area contributed by atoms with E-state index in [1.54, 1.807) is 36.4 Å². The molecule has 2 aliphatic heterocycles. The van der Waals surface area contributed by atoms with Gasteiger partial charge in [-0.3, -0.25) is 0 Å². The zero-order valence-electron chi connectivity index (χ0n) is 19.4. The molecule has 31 heavy (non-hydrogen) atoms. The first-order valence-electron chi connectivity index (χ1n) is 10.8. The second kappa shape index (κ2) is 8.08. The molecule has 1 N–H and O–H groups in total. The third-order valence-corrected chi connectivity index (χ3v) is 13.8. The monoisotopic (exact) mass is 468 g/mol. The molecule has 0 saturated carbocycles. The SMILES string of the molecule is C=CCC1OC1(C[C@@H]1O[Si](C(C)(C)C)(C(C)(C)C)OC[C@H]1O)S(=O)(=O)c1ccccc1. The number of rotatable bonds is 6. The van der Waals surface area contributed by atoms with Crippen LogP contribution in [0, 0.1) is 0 Å². The van der Waals surface area contributed by atoms with Gasteiger partial charge in [0.1, 0.15) is 12.2 Å². The Labute approximate surface area is 187 Å². The van der Waals surface area contributed by atoms with Crippen LogP contribution < -0.4 is 0 Å². The summed E-state index contributed by atoms with van der Waals surface area (Å²) in [6, 6.07) is 8.33. The van der Waals surface area contributed by atoms with Crippen molar-refractivity contribution in [3.05, 3.63) is 43.0 Å². The van der Waals surface area contributed by atoms with Gasteiger partial charge in [0, 0.05) is 16.5 Å². The van der Waals surface area contributed by atoms with E-state index in [-0.39, 0.29) is 28.0 Å². The van der Waals surface area contributed by atoms with Crippen LogP contribution in [0.5, 0.6) is 0 Å². The minimum atomic E-state index is -3.82. The van der Waals surface area contributed by atoms with Crippen LogP contribution in [0.2, 0.25) is 10.1 Å². The van der Waals surface area contributed by atoms with Gasteiger partial charge in [-0.25, -0.2) is 8.42 Å². The van der Waals surface area contributed by atoms with Crippen molar-refractivity contribution in [2.75, 3.05) is 6.61 Å².